The molecule has 2 aromatic carbocycles. The Hall–Kier alpha value is -2.71. The smallest absolute Gasteiger partial charge is 0.265 e. The molecule has 7 nitrogen and oxygen atoms in total. The van der Waals surface area contributed by atoms with Gasteiger partial charge in [-0.25, -0.2) is 13.4 Å². The number of aromatic nitrogens is 2. The Balaban J connectivity index is 1.88. The lowest BCUT2D eigenvalue weighted by atomic mass is 10.2. The number of hydrogen-bond donors (Lipinski definition) is 1. The van der Waals surface area contributed by atoms with E-state index >= 15 is 0 Å². The predicted molar refractivity (Wildman–Crippen MR) is 119 cm³/mol. The molecule has 0 aliphatic carbocycles. The van der Waals surface area contributed by atoms with E-state index in [2.05, 4.69) is 5.32 Å². The molecule has 0 saturated heterocycles. The van der Waals surface area contributed by atoms with Crippen LogP contribution in [0.2, 0.25) is 0 Å². The van der Waals surface area contributed by atoms with E-state index in [1.165, 1.54) is 0 Å². The van der Waals surface area contributed by atoms with Crippen LogP contribution in [0.4, 0.5) is 0 Å². The third-order valence-electron chi connectivity index (χ3n) is 4.81. The highest BCUT2D eigenvalue weighted by Gasteiger charge is 2.13. The molecule has 8 heteroatoms. The summed E-state index contributed by atoms with van der Waals surface area (Å²) in [6.45, 7) is 5.02. The summed E-state index contributed by atoms with van der Waals surface area (Å²) in [5.74, 6) is 1.59. The van der Waals surface area contributed by atoms with Crippen LogP contribution in [0.15, 0.2) is 53.3 Å². The molecule has 0 radical (unpaired) electrons. The average molecular weight is 430 g/mol. The van der Waals surface area contributed by atoms with Crippen molar-refractivity contribution in [1.82, 2.24) is 14.9 Å². The second-order valence-corrected chi connectivity index (χ2v) is 9.32. The first-order valence-corrected chi connectivity index (χ1v) is 11.9. The lowest BCUT2D eigenvalue weighted by molar-refractivity contribution is 0.340. The van der Waals surface area contributed by atoms with E-state index in [9.17, 15) is 13.2 Å². The Labute approximate surface area is 176 Å². The van der Waals surface area contributed by atoms with Crippen LogP contribution in [0.5, 0.6) is 5.75 Å². The average Bonchev–Trinajstić information content (AvgIpc) is 2.75. The molecule has 0 fully saturated rings. The van der Waals surface area contributed by atoms with Gasteiger partial charge in [-0.15, -0.1) is 0 Å². The van der Waals surface area contributed by atoms with Gasteiger partial charge in [-0.05, 0) is 43.3 Å². The largest absolute Gasteiger partial charge is 0.494 e. The van der Waals surface area contributed by atoms with Gasteiger partial charge >= 0.3 is 0 Å². The van der Waals surface area contributed by atoms with E-state index in [0.29, 0.717) is 48.5 Å². The van der Waals surface area contributed by atoms with E-state index in [4.69, 9.17) is 9.72 Å². The molecule has 1 N–H and O–H groups in total. The molecular weight excluding hydrogens is 402 g/mol. The van der Waals surface area contributed by atoms with Crippen molar-refractivity contribution in [3.05, 3.63) is 64.7 Å². The number of hydrogen-bond acceptors (Lipinski definition) is 6. The van der Waals surface area contributed by atoms with Gasteiger partial charge < -0.3 is 10.1 Å². The maximum absolute atomic E-state index is 13.2. The zero-order valence-electron chi connectivity index (χ0n) is 17.3. The molecule has 3 aromatic rings. The van der Waals surface area contributed by atoms with E-state index in [1.807, 2.05) is 49.4 Å². The summed E-state index contributed by atoms with van der Waals surface area (Å²) in [6, 6.07) is 14.6. The van der Waals surface area contributed by atoms with Gasteiger partial charge in [0.1, 0.15) is 11.6 Å². The van der Waals surface area contributed by atoms with Crippen molar-refractivity contribution in [1.29, 1.82) is 0 Å². The first-order chi connectivity index (χ1) is 14.4. The number of rotatable bonds is 10. The van der Waals surface area contributed by atoms with Gasteiger partial charge in [-0.3, -0.25) is 9.36 Å². The Morgan fingerprint density at radius 3 is 2.47 bits per heavy atom. The Kier molecular flexibility index (Phi) is 7.23. The summed E-state index contributed by atoms with van der Waals surface area (Å²) in [5, 5.41) is 3.69. The van der Waals surface area contributed by atoms with Crippen LogP contribution in [0.25, 0.3) is 16.6 Å². The number of nitrogens with one attached hydrogen (secondary N) is 1. The standard InChI is InChI=1S/C22H27N3O4S/c1-3-29-18-11-9-17(10-12-18)25-21(13-14-23-15-16-30(27,28)4-2)24-20-8-6-5-7-19(20)22(25)26/h5-12,23H,3-4,13-16H2,1-2H3. The van der Waals surface area contributed by atoms with Gasteiger partial charge in [-0.1, -0.05) is 19.1 Å². The predicted octanol–water partition coefficient (Wildman–Crippen LogP) is 2.35. The van der Waals surface area contributed by atoms with Gasteiger partial charge in [0.25, 0.3) is 5.56 Å². The highest BCUT2D eigenvalue weighted by molar-refractivity contribution is 7.91. The van der Waals surface area contributed by atoms with Crippen LogP contribution < -0.4 is 15.6 Å². The topological polar surface area (TPSA) is 90.3 Å². The van der Waals surface area contributed by atoms with Crippen molar-refractivity contribution < 1.29 is 13.2 Å². The monoisotopic (exact) mass is 429 g/mol. The van der Waals surface area contributed by atoms with Crippen molar-refractivity contribution in [2.45, 2.75) is 20.3 Å². The van der Waals surface area contributed by atoms with Crippen LogP contribution in [-0.4, -0.2) is 49.2 Å². The van der Waals surface area contributed by atoms with Crippen molar-refractivity contribution in [3.63, 3.8) is 0 Å². The first kappa shape index (κ1) is 22.0. The molecule has 3 rings (SSSR count). The molecule has 0 spiro atoms. The summed E-state index contributed by atoms with van der Waals surface area (Å²) in [7, 11) is -3.01. The Morgan fingerprint density at radius 1 is 1.03 bits per heavy atom. The number of nitrogens with zero attached hydrogens (tertiary/aromatic N) is 2. The fourth-order valence-electron chi connectivity index (χ4n) is 3.17. The molecule has 0 unspecified atom stereocenters. The number of ether oxygens (including phenoxy) is 1. The van der Waals surface area contributed by atoms with Crippen LogP contribution in [0.1, 0.15) is 19.7 Å². The quantitative estimate of drug-likeness (QED) is 0.498. The Bertz CT molecular complexity index is 1160. The number of benzene rings is 2. The molecule has 0 amide bonds. The molecule has 0 aliphatic heterocycles. The molecule has 0 bridgehead atoms. The molecule has 160 valence electrons. The van der Waals surface area contributed by atoms with E-state index in [0.717, 1.165) is 5.75 Å². The highest BCUT2D eigenvalue weighted by atomic mass is 32.2. The summed E-state index contributed by atoms with van der Waals surface area (Å²) < 4.78 is 30.4. The second-order valence-electron chi connectivity index (χ2n) is 6.85. The van der Waals surface area contributed by atoms with Crippen LogP contribution in [0.3, 0.4) is 0 Å². The minimum absolute atomic E-state index is 0.0976. The highest BCUT2D eigenvalue weighted by Crippen LogP contribution is 2.17. The van der Waals surface area contributed by atoms with Crippen molar-refractivity contribution in [3.8, 4) is 11.4 Å². The lowest BCUT2D eigenvalue weighted by Crippen LogP contribution is -2.29. The van der Waals surface area contributed by atoms with Crippen LogP contribution in [-0.2, 0) is 16.3 Å². The molecule has 1 aromatic heterocycles. The van der Waals surface area contributed by atoms with Gasteiger partial charge in [0.15, 0.2) is 9.84 Å². The molecule has 0 aliphatic rings. The fourth-order valence-corrected chi connectivity index (χ4v) is 3.91. The van der Waals surface area contributed by atoms with Crippen molar-refractivity contribution in [2.75, 3.05) is 31.2 Å². The van der Waals surface area contributed by atoms with E-state index in [-0.39, 0.29) is 17.1 Å². The zero-order chi connectivity index (χ0) is 21.6. The molecule has 0 saturated carbocycles. The summed E-state index contributed by atoms with van der Waals surface area (Å²) in [5.41, 5.74) is 1.23. The molecule has 30 heavy (non-hydrogen) atoms. The number of fused-ring (bicyclic) bond motifs is 1. The second kappa shape index (κ2) is 9.86. The maximum atomic E-state index is 13.2. The molecule has 1 heterocycles. The number of sulfone groups is 1. The zero-order valence-corrected chi connectivity index (χ0v) is 18.1. The van der Waals surface area contributed by atoms with Gasteiger partial charge in [0.05, 0.1) is 29.0 Å². The molecular formula is C22H27N3O4S. The minimum Gasteiger partial charge on any atom is -0.494 e. The number of para-hydroxylation sites is 1. The SMILES string of the molecule is CCOc1ccc(-n2c(CCNCCS(=O)(=O)CC)nc3ccccc3c2=O)cc1. The summed E-state index contributed by atoms with van der Waals surface area (Å²) in [4.78, 5) is 17.9. The first-order valence-electron chi connectivity index (χ1n) is 10.1. The lowest BCUT2D eigenvalue weighted by Gasteiger charge is -2.14. The Morgan fingerprint density at radius 2 is 1.77 bits per heavy atom. The third-order valence-corrected chi connectivity index (χ3v) is 6.51. The van der Waals surface area contributed by atoms with Crippen LogP contribution in [0, 0.1) is 0 Å². The fraction of sp³-hybridized carbons (Fsp3) is 0.364. The van der Waals surface area contributed by atoms with Gasteiger partial charge in [0, 0.05) is 25.3 Å². The normalized spacial score (nSPS) is 11.7. The maximum Gasteiger partial charge on any atom is 0.265 e. The van der Waals surface area contributed by atoms with Crippen molar-refractivity contribution >= 4 is 20.7 Å². The summed E-state index contributed by atoms with van der Waals surface area (Å²) >= 11 is 0. The third kappa shape index (κ3) is 5.25. The van der Waals surface area contributed by atoms with Crippen molar-refractivity contribution in [2.24, 2.45) is 0 Å². The van der Waals surface area contributed by atoms with Gasteiger partial charge in [0.2, 0.25) is 0 Å². The van der Waals surface area contributed by atoms with Gasteiger partial charge in [-0.2, -0.15) is 0 Å². The van der Waals surface area contributed by atoms with Crippen LogP contribution >= 0.6 is 0 Å². The van der Waals surface area contributed by atoms with E-state index in [1.54, 1.807) is 17.6 Å². The van der Waals surface area contributed by atoms with E-state index < -0.39 is 9.84 Å². The minimum atomic E-state index is -3.01. The molecule has 0 atom stereocenters. The summed E-state index contributed by atoms with van der Waals surface area (Å²) in [6.07, 6.45) is 0.486.